The summed E-state index contributed by atoms with van der Waals surface area (Å²) in [5.41, 5.74) is 0. The highest BCUT2D eigenvalue weighted by atomic mass is 16.5. The molecule has 0 unspecified atom stereocenters. The van der Waals surface area contributed by atoms with Crippen molar-refractivity contribution in [2.75, 3.05) is 6.61 Å². The van der Waals surface area contributed by atoms with Crippen LogP contribution in [0.5, 0.6) is 0 Å². The van der Waals surface area contributed by atoms with E-state index in [0.29, 0.717) is 6.73 Å². The van der Waals surface area contributed by atoms with E-state index in [2.05, 4.69) is 42.3 Å². The van der Waals surface area contributed by atoms with Gasteiger partial charge in [0.05, 0.1) is 13.2 Å². The van der Waals surface area contributed by atoms with Crippen LogP contribution in [-0.4, -0.2) is 11.2 Å². The van der Waals surface area contributed by atoms with Crippen molar-refractivity contribution < 1.29 is 9.30 Å². The van der Waals surface area contributed by atoms with E-state index in [9.17, 15) is 0 Å². The summed E-state index contributed by atoms with van der Waals surface area (Å²) in [6, 6.07) is 0. The number of hydrogen-bond acceptors (Lipinski definition) is 1. The number of aryl methyl sites for hydroxylation is 1. The monoisotopic (exact) mass is 197 g/mol. The van der Waals surface area contributed by atoms with Crippen LogP contribution in [0.25, 0.3) is 0 Å². The zero-order valence-corrected chi connectivity index (χ0v) is 9.49. The highest BCUT2D eigenvalue weighted by Crippen LogP contribution is 1.95. The molecular weight excluding hydrogens is 176 g/mol. The molecule has 0 spiro atoms. The molecule has 0 aliphatic heterocycles. The number of aromatic nitrogens is 2. The van der Waals surface area contributed by atoms with E-state index in [1.54, 1.807) is 0 Å². The van der Waals surface area contributed by atoms with E-state index in [4.69, 9.17) is 4.74 Å². The van der Waals surface area contributed by atoms with Gasteiger partial charge in [0, 0.05) is 6.92 Å². The van der Waals surface area contributed by atoms with Gasteiger partial charge in [-0.25, -0.2) is 9.13 Å². The van der Waals surface area contributed by atoms with Crippen molar-refractivity contribution in [3.8, 4) is 0 Å². The lowest BCUT2D eigenvalue weighted by Gasteiger charge is -2.01. The van der Waals surface area contributed by atoms with Gasteiger partial charge < -0.3 is 4.74 Å². The minimum atomic E-state index is 0.677. The average Bonchev–Trinajstić information content (AvgIpc) is 2.51. The van der Waals surface area contributed by atoms with Crippen molar-refractivity contribution in [1.82, 2.24) is 4.57 Å². The Morgan fingerprint density at radius 1 is 1.36 bits per heavy atom. The standard InChI is InChI=1S/C11H21N2O/c1-4-6-12-7-8-13(11(12)3)10-14-9-5-2/h7-8H,4-6,9-10H2,1-3H3/q+1. The molecule has 3 nitrogen and oxygen atoms in total. The molecule has 0 bridgehead atoms. The van der Waals surface area contributed by atoms with E-state index in [1.807, 2.05) is 0 Å². The predicted octanol–water partition coefficient (Wildman–Crippen LogP) is 1.88. The van der Waals surface area contributed by atoms with Crippen LogP contribution in [0.15, 0.2) is 12.4 Å². The van der Waals surface area contributed by atoms with Crippen LogP contribution in [0, 0.1) is 6.92 Å². The molecule has 0 saturated carbocycles. The Kier molecular flexibility index (Phi) is 4.66. The van der Waals surface area contributed by atoms with Crippen LogP contribution in [0.1, 0.15) is 32.5 Å². The van der Waals surface area contributed by atoms with E-state index in [1.165, 1.54) is 12.2 Å². The summed E-state index contributed by atoms with van der Waals surface area (Å²) in [4.78, 5) is 0. The number of imidazole rings is 1. The van der Waals surface area contributed by atoms with E-state index in [-0.39, 0.29) is 0 Å². The Bertz CT molecular complexity index is 268. The molecule has 1 heterocycles. The molecule has 0 radical (unpaired) electrons. The molecule has 0 amide bonds. The molecule has 0 aliphatic carbocycles. The molecule has 0 saturated heterocycles. The summed E-state index contributed by atoms with van der Waals surface area (Å²) >= 11 is 0. The van der Waals surface area contributed by atoms with E-state index in [0.717, 1.165) is 19.6 Å². The van der Waals surface area contributed by atoms with Gasteiger partial charge in [0.1, 0.15) is 12.4 Å². The lowest BCUT2D eigenvalue weighted by atomic mass is 10.5. The number of nitrogens with zero attached hydrogens (tertiary/aromatic N) is 2. The molecule has 80 valence electrons. The topological polar surface area (TPSA) is 18.0 Å². The minimum Gasteiger partial charge on any atom is -0.342 e. The van der Waals surface area contributed by atoms with Crippen molar-refractivity contribution in [3.63, 3.8) is 0 Å². The van der Waals surface area contributed by atoms with Crippen molar-refractivity contribution >= 4 is 0 Å². The summed E-state index contributed by atoms with van der Waals surface area (Å²) < 4.78 is 9.89. The fraction of sp³-hybridized carbons (Fsp3) is 0.727. The van der Waals surface area contributed by atoms with Gasteiger partial charge in [0.15, 0.2) is 6.73 Å². The van der Waals surface area contributed by atoms with Crippen LogP contribution < -0.4 is 4.57 Å². The third kappa shape index (κ3) is 2.84. The zero-order valence-electron chi connectivity index (χ0n) is 9.49. The molecule has 1 aromatic rings. The molecule has 0 fully saturated rings. The maximum atomic E-state index is 5.49. The lowest BCUT2D eigenvalue weighted by Crippen LogP contribution is -2.37. The van der Waals surface area contributed by atoms with E-state index < -0.39 is 0 Å². The molecule has 1 aromatic heterocycles. The quantitative estimate of drug-likeness (QED) is 0.503. The maximum absolute atomic E-state index is 5.49. The van der Waals surface area contributed by atoms with Crippen molar-refractivity contribution in [2.45, 2.75) is 46.9 Å². The van der Waals surface area contributed by atoms with Crippen LogP contribution >= 0.6 is 0 Å². The molecule has 3 heteroatoms. The first-order chi connectivity index (χ1) is 6.79. The summed E-state index contributed by atoms with van der Waals surface area (Å²) in [5.74, 6) is 1.27. The van der Waals surface area contributed by atoms with Crippen LogP contribution in [0.4, 0.5) is 0 Å². The van der Waals surface area contributed by atoms with Gasteiger partial charge >= 0.3 is 0 Å². The van der Waals surface area contributed by atoms with Gasteiger partial charge in [-0.3, -0.25) is 0 Å². The van der Waals surface area contributed by atoms with Gasteiger partial charge in [0.2, 0.25) is 0 Å². The number of ether oxygens (including phenoxy) is 1. The third-order valence-electron chi connectivity index (χ3n) is 2.30. The Morgan fingerprint density at radius 3 is 2.79 bits per heavy atom. The summed E-state index contributed by atoms with van der Waals surface area (Å²) in [6.07, 6.45) is 6.45. The van der Waals surface area contributed by atoms with Crippen LogP contribution in [0.2, 0.25) is 0 Å². The number of rotatable bonds is 6. The fourth-order valence-corrected chi connectivity index (χ4v) is 1.46. The Hall–Kier alpha value is -0.830. The Labute approximate surface area is 86.3 Å². The number of hydrogen-bond donors (Lipinski definition) is 0. The zero-order chi connectivity index (χ0) is 10.4. The fourth-order valence-electron chi connectivity index (χ4n) is 1.46. The average molecular weight is 197 g/mol. The molecule has 0 aromatic carbocycles. The highest BCUT2D eigenvalue weighted by molar-refractivity contribution is 4.78. The van der Waals surface area contributed by atoms with Crippen LogP contribution in [0.3, 0.4) is 0 Å². The lowest BCUT2D eigenvalue weighted by molar-refractivity contribution is -0.737. The van der Waals surface area contributed by atoms with E-state index >= 15 is 0 Å². The smallest absolute Gasteiger partial charge is 0.255 e. The first-order valence-corrected chi connectivity index (χ1v) is 5.42. The summed E-state index contributed by atoms with van der Waals surface area (Å²) in [7, 11) is 0. The van der Waals surface area contributed by atoms with Crippen molar-refractivity contribution in [3.05, 3.63) is 18.2 Å². The SMILES string of the molecule is CCCOC[n+]1ccn(CCC)c1C. The predicted molar refractivity (Wildman–Crippen MR) is 55.9 cm³/mol. The second kappa shape index (κ2) is 5.81. The molecule has 1 rings (SSSR count). The van der Waals surface area contributed by atoms with Gasteiger partial charge in [-0.05, 0) is 12.8 Å². The second-order valence-electron chi connectivity index (χ2n) is 3.55. The van der Waals surface area contributed by atoms with Crippen LogP contribution in [-0.2, 0) is 18.0 Å². The van der Waals surface area contributed by atoms with Gasteiger partial charge in [0.25, 0.3) is 5.82 Å². The third-order valence-corrected chi connectivity index (χ3v) is 2.30. The largest absolute Gasteiger partial charge is 0.342 e. The molecular formula is C11H21N2O+. The molecule has 0 N–H and O–H groups in total. The van der Waals surface area contributed by atoms with Crippen molar-refractivity contribution in [1.29, 1.82) is 0 Å². The van der Waals surface area contributed by atoms with Crippen molar-refractivity contribution in [2.24, 2.45) is 0 Å². The first kappa shape index (κ1) is 11.2. The molecule has 0 aliphatic rings. The molecule has 0 atom stereocenters. The molecule has 14 heavy (non-hydrogen) atoms. The summed E-state index contributed by atoms with van der Waals surface area (Å²) in [6.45, 7) is 9.05. The second-order valence-corrected chi connectivity index (χ2v) is 3.55. The highest BCUT2D eigenvalue weighted by Gasteiger charge is 2.10. The van der Waals surface area contributed by atoms with Gasteiger partial charge in [-0.1, -0.05) is 13.8 Å². The first-order valence-electron chi connectivity index (χ1n) is 5.42. The Balaban J connectivity index is 2.51. The minimum absolute atomic E-state index is 0.677. The summed E-state index contributed by atoms with van der Waals surface area (Å²) in [5, 5.41) is 0. The maximum Gasteiger partial charge on any atom is 0.255 e. The van der Waals surface area contributed by atoms with Gasteiger partial charge in [-0.15, -0.1) is 0 Å². The Morgan fingerprint density at radius 2 is 2.14 bits per heavy atom. The normalized spacial score (nSPS) is 10.8. The van der Waals surface area contributed by atoms with Gasteiger partial charge in [-0.2, -0.15) is 0 Å².